The van der Waals surface area contributed by atoms with Crippen LogP contribution in [-0.4, -0.2) is 29.8 Å². The average Bonchev–Trinajstić information content (AvgIpc) is 3.38. The number of benzene rings is 3. The number of carbonyl (C=O) groups excluding carboxylic acids is 2. The van der Waals surface area contributed by atoms with Gasteiger partial charge in [-0.25, -0.2) is 4.39 Å². The van der Waals surface area contributed by atoms with Gasteiger partial charge in [-0.1, -0.05) is 23.7 Å². The van der Waals surface area contributed by atoms with E-state index in [9.17, 15) is 24.1 Å². The monoisotopic (exact) mass is 496 g/mol. The van der Waals surface area contributed by atoms with Crippen molar-refractivity contribution in [3.63, 3.8) is 0 Å². The van der Waals surface area contributed by atoms with Crippen LogP contribution in [0.1, 0.15) is 39.1 Å². The van der Waals surface area contributed by atoms with Crippen molar-refractivity contribution in [2.45, 2.75) is 19.4 Å². The molecule has 0 aromatic heterocycles. The molecule has 0 radical (unpaired) electrons. The molecule has 3 aromatic carbocycles. The van der Waals surface area contributed by atoms with Crippen molar-refractivity contribution in [2.75, 3.05) is 23.3 Å². The molecule has 0 saturated carbocycles. The quantitative estimate of drug-likeness (QED) is 0.347. The van der Waals surface area contributed by atoms with E-state index < -0.39 is 10.8 Å². The molecule has 1 aliphatic heterocycles. The van der Waals surface area contributed by atoms with Crippen LogP contribution in [0.4, 0.5) is 21.5 Å². The Bertz CT molecular complexity index is 1280. The normalized spacial score (nSPS) is 12.9. The Morgan fingerprint density at radius 1 is 0.971 bits per heavy atom. The number of non-ortho nitro benzene ring substituents is 1. The number of hydrogen-bond donors (Lipinski definition) is 2. The summed E-state index contributed by atoms with van der Waals surface area (Å²) in [5, 5.41) is 16.4. The van der Waals surface area contributed by atoms with Crippen LogP contribution in [0.5, 0.6) is 0 Å². The summed E-state index contributed by atoms with van der Waals surface area (Å²) in [6.07, 6.45) is 2.04. The molecule has 1 heterocycles. The van der Waals surface area contributed by atoms with Gasteiger partial charge in [0, 0.05) is 43.1 Å². The maximum absolute atomic E-state index is 13.2. The van der Waals surface area contributed by atoms with Gasteiger partial charge in [0.1, 0.15) is 5.82 Å². The average molecular weight is 497 g/mol. The fourth-order valence-corrected chi connectivity index (χ4v) is 4.17. The van der Waals surface area contributed by atoms with Crippen molar-refractivity contribution < 1.29 is 18.9 Å². The molecule has 0 atom stereocenters. The molecule has 2 N–H and O–H groups in total. The van der Waals surface area contributed by atoms with Gasteiger partial charge in [-0.3, -0.25) is 19.7 Å². The molecule has 3 aromatic rings. The standard InChI is InChI=1S/C25H22ClFN4O4/c26-22-14-19(31(34)35)8-9-20(22)25(33)29-18-7-10-23(30-11-1-2-12-30)21(13-18)24(32)28-15-16-3-5-17(27)6-4-16/h3-10,13-14H,1-2,11-12,15H2,(H,28,32)(H,29,33). The predicted octanol–water partition coefficient (Wildman–Crippen LogP) is 5.17. The van der Waals surface area contributed by atoms with Crippen LogP contribution in [0.25, 0.3) is 0 Å². The van der Waals surface area contributed by atoms with Crippen LogP contribution in [-0.2, 0) is 6.54 Å². The van der Waals surface area contributed by atoms with E-state index in [0.717, 1.165) is 43.2 Å². The molecule has 8 nitrogen and oxygen atoms in total. The number of hydrogen-bond acceptors (Lipinski definition) is 5. The Hall–Kier alpha value is -3.98. The molecular weight excluding hydrogens is 475 g/mol. The van der Waals surface area contributed by atoms with E-state index >= 15 is 0 Å². The van der Waals surface area contributed by atoms with Gasteiger partial charge in [0.2, 0.25) is 0 Å². The van der Waals surface area contributed by atoms with Gasteiger partial charge in [-0.05, 0) is 54.8 Å². The van der Waals surface area contributed by atoms with Crippen LogP contribution in [0.15, 0.2) is 60.7 Å². The molecule has 2 amide bonds. The minimum atomic E-state index is -0.596. The third kappa shape index (κ3) is 5.75. The molecule has 0 spiro atoms. The zero-order valence-electron chi connectivity index (χ0n) is 18.6. The fraction of sp³-hybridized carbons (Fsp3) is 0.200. The van der Waals surface area contributed by atoms with E-state index in [2.05, 4.69) is 15.5 Å². The van der Waals surface area contributed by atoms with Crippen molar-refractivity contribution in [1.29, 1.82) is 0 Å². The van der Waals surface area contributed by atoms with E-state index in [-0.39, 0.29) is 34.5 Å². The van der Waals surface area contributed by atoms with Crippen molar-refractivity contribution in [3.05, 3.63) is 98.3 Å². The highest BCUT2D eigenvalue weighted by molar-refractivity contribution is 6.34. The molecular formula is C25H22ClFN4O4. The molecule has 35 heavy (non-hydrogen) atoms. The Kier molecular flexibility index (Phi) is 7.26. The summed E-state index contributed by atoms with van der Waals surface area (Å²) < 4.78 is 13.2. The molecule has 1 fully saturated rings. The molecule has 4 rings (SSSR count). The second-order valence-corrected chi connectivity index (χ2v) is 8.52. The van der Waals surface area contributed by atoms with Crippen molar-refractivity contribution in [3.8, 4) is 0 Å². The predicted molar refractivity (Wildman–Crippen MR) is 132 cm³/mol. The molecule has 0 bridgehead atoms. The van der Waals surface area contributed by atoms with Crippen LogP contribution in [0.3, 0.4) is 0 Å². The lowest BCUT2D eigenvalue weighted by Crippen LogP contribution is -2.27. The lowest BCUT2D eigenvalue weighted by molar-refractivity contribution is -0.384. The van der Waals surface area contributed by atoms with E-state index in [4.69, 9.17) is 11.6 Å². The van der Waals surface area contributed by atoms with Gasteiger partial charge in [-0.15, -0.1) is 0 Å². The topological polar surface area (TPSA) is 105 Å². The summed E-state index contributed by atoms with van der Waals surface area (Å²) in [4.78, 5) is 38.3. The number of nitro benzene ring substituents is 1. The highest BCUT2D eigenvalue weighted by Gasteiger charge is 2.21. The largest absolute Gasteiger partial charge is 0.371 e. The number of nitrogens with one attached hydrogen (secondary N) is 2. The summed E-state index contributed by atoms with van der Waals surface area (Å²) in [6.45, 7) is 1.86. The summed E-state index contributed by atoms with van der Waals surface area (Å²) in [5.41, 5.74) is 2.12. The van der Waals surface area contributed by atoms with E-state index in [1.54, 1.807) is 30.3 Å². The smallest absolute Gasteiger partial charge is 0.270 e. The molecule has 1 aliphatic rings. The van der Waals surface area contributed by atoms with Crippen molar-refractivity contribution >= 4 is 40.5 Å². The van der Waals surface area contributed by atoms with Gasteiger partial charge in [0.05, 0.1) is 21.1 Å². The number of nitrogens with zero attached hydrogens (tertiary/aromatic N) is 2. The Labute approximate surface area is 205 Å². The number of halogens is 2. The first-order valence-electron chi connectivity index (χ1n) is 11.0. The number of nitro groups is 1. The van der Waals surface area contributed by atoms with Crippen molar-refractivity contribution in [1.82, 2.24) is 5.32 Å². The van der Waals surface area contributed by atoms with Crippen LogP contribution >= 0.6 is 11.6 Å². The highest BCUT2D eigenvalue weighted by Crippen LogP contribution is 2.29. The Balaban J connectivity index is 1.56. The van der Waals surface area contributed by atoms with Crippen LogP contribution in [0, 0.1) is 15.9 Å². The number of carbonyl (C=O) groups is 2. The third-order valence-electron chi connectivity index (χ3n) is 5.72. The Morgan fingerprint density at radius 3 is 2.34 bits per heavy atom. The van der Waals surface area contributed by atoms with Gasteiger partial charge in [0.15, 0.2) is 0 Å². The first-order valence-corrected chi connectivity index (χ1v) is 11.4. The molecule has 0 unspecified atom stereocenters. The minimum absolute atomic E-state index is 0.0531. The Morgan fingerprint density at radius 2 is 1.69 bits per heavy atom. The van der Waals surface area contributed by atoms with Crippen LogP contribution in [0.2, 0.25) is 5.02 Å². The second-order valence-electron chi connectivity index (χ2n) is 8.11. The summed E-state index contributed by atoms with van der Waals surface area (Å²) in [6, 6.07) is 14.5. The summed E-state index contributed by atoms with van der Waals surface area (Å²) in [5.74, 6) is -1.25. The van der Waals surface area contributed by atoms with E-state index in [1.807, 2.05) is 0 Å². The highest BCUT2D eigenvalue weighted by atomic mass is 35.5. The van der Waals surface area contributed by atoms with Crippen molar-refractivity contribution in [2.24, 2.45) is 0 Å². The third-order valence-corrected chi connectivity index (χ3v) is 6.03. The first-order chi connectivity index (χ1) is 16.8. The first kappa shape index (κ1) is 24.2. The fourth-order valence-electron chi connectivity index (χ4n) is 3.91. The van der Waals surface area contributed by atoms with Gasteiger partial charge in [0.25, 0.3) is 17.5 Å². The maximum Gasteiger partial charge on any atom is 0.270 e. The zero-order valence-corrected chi connectivity index (χ0v) is 19.3. The van der Waals surface area contributed by atoms with E-state index in [1.165, 1.54) is 24.3 Å². The number of amides is 2. The SMILES string of the molecule is O=C(Nc1ccc(N2CCCC2)c(C(=O)NCc2ccc(F)cc2)c1)c1ccc([N+](=O)[O-])cc1Cl. The lowest BCUT2D eigenvalue weighted by Gasteiger charge is -2.22. The van der Waals surface area contributed by atoms with E-state index in [0.29, 0.717) is 11.3 Å². The van der Waals surface area contributed by atoms with Gasteiger partial charge < -0.3 is 15.5 Å². The number of anilines is 2. The molecule has 180 valence electrons. The van der Waals surface area contributed by atoms with Crippen LogP contribution < -0.4 is 15.5 Å². The number of rotatable bonds is 7. The summed E-state index contributed by atoms with van der Waals surface area (Å²) in [7, 11) is 0. The molecule has 1 saturated heterocycles. The lowest BCUT2D eigenvalue weighted by atomic mass is 10.1. The minimum Gasteiger partial charge on any atom is -0.371 e. The molecule has 10 heteroatoms. The van der Waals surface area contributed by atoms with Gasteiger partial charge in [-0.2, -0.15) is 0 Å². The maximum atomic E-state index is 13.2. The zero-order chi connectivity index (χ0) is 24.9. The second kappa shape index (κ2) is 10.5. The summed E-state index contributed by atoms with van der Waals surface area (Å²) >= 11 is 6.08. The van der Waals surface area contributed by atoms with Gasteiger partial charge >= 0.3 is 0 Å². The molecule has 0 aliphatic carbocycles.